The van der Waals surface area contributed by atoms with Crippen LogP contribution in [0.25, 0.3) is 0 Å². The van der Waals surface area contributed by atoms with Crippen molar-refractivity contribution in [2.24, 2.45) is 0 Å². The van der Waals surface area contributed by atoms with Crippen LogP contribution in [0.4, 0.5) is 0 Å². The van der Waals surface area contributed by atoms with Crippen molar-refractivity contribution < 1.29 is 4.52 Å². The van der Waals surface area contributed by atoms with E-state index >= 15 is 0 Å². The van der Waals surface area contributed by atoms with Crippen LogP contribution in [0, 0.1) is 6.92 Å². The first-order valence-electron chi connectivity index (χ1n) is 6.35. The van der Waals surface area contributed by atoms with Crippen molar-refractivity contribution in [2.45, 2.75) is 38.8 Å². The summed E-state index contributed by atoms with van der Waals surface area (Å²) in [5.41, 5.74) is 0.967. The Bertz CT molecular complexity index is 492. The van der Waals surface area contributed by atoms with Crippen molar-refractivity contribution in [1.29, 1.82) is 0 Å². The molecule has 1 aliphatic heterocycles. The monoisotopic (exact) mass is 247 g/mol. The molecule has 18 heavy (non-hydrogen) atoms. The number of nitrogens with one attached hydrogen (secondary N) is 1. The Kier molecular flexibility index (Phi) is 3.10. The van der Waals surface area contributed by atoms with Crippen molar-refractivity contribution in [1.82, 2.24) is 25.2 Å². The highest BCUT2D eigenvalue weighted by molar-refractivity contribution is 5.01. The van der Waals surface area contributed by atoms with Crippen LogP contribution in [0.15, 0.2) is 16.9 Å². The largest absolute Gasteiger partial charge is 0.364 e. The maximum atomic E-state index is 4.89. The number of piperidine rings is 1. The van der Waals surface area contributed by atoms with E-state index in [4.69, 9.17) is 4.52 Å². The van der Waals surface area contributed by atoms with Gasteiger partial charge < -0.3 is 4.52 Å². The molecule has 3 heterocycles. The highest BCUT2D eigenvalue weighted by Gasteiger charge is 2.27. The number of H-pyrrole nitrogens is 1. The number of aromatic amines is 1. The minimum atomic E-state index is 0.292. The van der Waals surface area contributed by atoms with Gasteiger partial charge in [0.2, 0.25) is 0 Å². The van der Waals surface area contributed by atoms with Gasteiger partial charge in [-0.1, -0.05) is 11.6 Å². The first-order chi connectivity index (χ1) is 8.83. The minimum Gasteiger partial charge on any atom is -0.364 e. The van der Waals surface area contributed by atoms with Crippen molar-refractivity contribution >= 4 is 0 Å². The van der Waals surface area contributed by atoms with Crippen molar-refractivity contribution in [3.05, 3.63) is 29.7 Å². The average Bonchev–Trinajstić information content (AvgIpc) is 3.02. The van der Waals surface area contributed by atoms with Gasteiger partial charge in [-0.2, -0.15) is 5.10 Å². The molecule has 3 rings (SSSR count). The third-order valence-electron chi connectivity index (χ3n) is 3.38. The van der Waals surface area contributed by atoms with Gasteiger partial charge in [-0.05, 0) is 26.3 Å². The molecule has 0 saturated carbocycles. The first kappa shape index (κ1) is 11.4. The van der Waals surface area contributed by atoms with Crippen LogP contribution in [0.5, 0.6) is 0 Å². The number of nitrogens with zero attached hydrogens (tertiary/aromatic N) is 4. The Morgan fingerprint density at radius 1 is 1.50 bits per heavy atom. The van der Waals surface area contributed by atoms with E-state index in [2.05, 4.69) is 25.2 Å². The van der Waals surface area contributed by atoms with Gasteiger partial charge in [-0.15, -0.1) is 0 Å². The van der Waals surface area contributed by atoms with E-state index in [0.29, 0.717) is 6.04 Å². The number of hydrogen-bond acceptors (Lipinski definition) is 5. The Morgan fingerprint density at radius 3 is 3.17 bits per heavy atom. The van der Waals surface area contributed by atoms with Crippen LogP contribution in [0.3, 0.4) is 0 Å². The number of aromatic nitrogens is 4. The van der Waals surface area contributed by atoms with Gasteiger partial charge in [0.15, 0.2) is 5.82 Å². The fraction of sp³-hybridized carbons (Fsp3) is 0.583. The smallest absolute Gasteiger partial charge is 0.167 e. The molecule has 1 aliphatic rings. The Balaban J connectivity index is 1.77. The van der Waals surface area contributed by atoms with E-state index in [1.165, 1.54) is 12.8 Å². The van der Waals surface area contributed by atoms with E-state index in [9.17, 15) is 0 Å². The lowest BCUT2D eigenvalue weighted by atomic mass is 10.0. The quantitative estimate of drug-likeness (QED) is 0.896. The van der Waals surface area contributed by atoms with Crippen LogP contribution in [-0.4, -0.2) is 31.8 Å². The molecule has 2 aromatic heterocycles. The van der Waals surface area contributed by atoms with Gasteiger partial charge in [0.05, 0.1) is 11.7 Å². The SMILES string of the molecule is Cc1nc([C@H]2CCCCN2Cc2ccon2)n[nH]1. The fourth-order valence-corrected chi connectivity index (χ4v) is 2.51. The van der Waals surface area contributed by atoms with Crippen LogP contribution in [0.2, 0.25) is 0 Å². The van der Waals surface area contributed by atoms with Gasteiger partial charge >= 0.3 is 0 Å². The van der Waals surface area contributed by atoms with Gasteiger partial charge in [0.1, 0.15) is 12.1 Å². The van der Waals surface area contributed by atoms with Crippen molar-refractivity contribution in [2.75, 3.05) is 6.54 Å². The summed E-state index contributed by atoms with van der Waals surface area (Å²) in [6.45, 7) is 3.79. The van der Waals surface area contributed by atoms with Crippen molar-refractivity contribution in [3.63, 3.8) is 0 Å². The molecule has 96 valence electrons. The zero-order valence-corrected chi connectivity index (χ0v) is 10.5. The molecular weight excluding hydrogens is 230 g/mol. The number of aryl methyl sites for hydroxylation is 1. The van der Waals surface area contributed by atoms with Crippen LogP contribution in [0.1, 0.15) is 42.6 Å². The summed E-state index contributed by atoms with van der Waals surface area (Å²) in [4.78, 5) is 6.84. The summed E-state index contributed by atoms with van der Waals surface area (Å²) in [5, 5.41) is 11.2. The molecule has 6 nitrogen and oxygen atoms in total. The lowest BCUT2D eigenvalue weighted by molar-refractivity contribution is 0.130. The van der Waals surface area contributed by atoms with Gasteiger partial charge in [0, 0.05) is 12.6 Å². The maximum Gasteiger partial charge on any atom is 0.167 e. The Morgan fingerprint density at radius 2 is 2.44 bits per heavy atom. The van der Waals surface area contributed by atoms with E-state index < -0.39 is 0 Å². The van der Waals surface area contributed by atoms with Gasteiger partial charge in [-0.3, -0.25) is 10.00 Å². The second kappa shape index (κ2) is 4.89. The molecule has 0 amide bonds. The van der Waals surface area contributed by atoms with E-state index in [-0.39, 0.29) is 0 Å². The van der Waals surface area contributed by atoms with E-state index in [0.717, 1.165) is 36.9 Å². The van der Waals surface area contributed by atoms with Crippen LogP contribution in [-0.2, 0) is 6.54 Å². The summed E-state index contributed by atoms with van der Waals surface area (Å²) >= 11 is 0. The number of rotatable bonds is 3. The molecule has 0 aliphatic carbocycles. The van der Waals surface area contributed by atoms with Gasteiger partial charge in [0.25, 0.3) is 0 Å². The summed E-state index contributed by atoms with van der Waals surface area (Å²) in [6, 6.07) is 2.20. The van der Waals surface area contributed by atoms with Crippen LogP contribution < -0.4 is 0 Å². The molecule has 0 aromatic carbocycles. The fourth-order valence-electron chi connectivity index (χ4n) is 2.51. The van der Waals surface area contributed by atoms with E-state index in [1.807, 2.05) is 13.0 Å². The molecule has 1 N–H and O–H groups in total. The molecule has 1 atom stereocenters. The second-order valence-corrected chi connectivity index (χ2v) is 4.75. The number of likely N-dealkylation sites (tertiary alicyclic amines) is 1. The molecule has 1 saturated heterocycles. The molecule has 0 radical (unpaired) electrons. The highest BCUT2D eigenvalue weighted by atomic mass is 16.5. The molecule has 2 aromatic rings. The molecule has 1 fully saturated rings. The second-order valence-electron chi connectivity index (χ2n) is 4.75. The van der Waals surface area contributed by atoms with Crippen molar-refractivity contribution in [3.8, 4) is 0 Å². The topological polar surface area (TPSA) is 70.8 Å². The predicted octanol–water partition coefficient (Wildman–Crippen LogP) is 1.83. The van der Waals surface area contributed by atoms with Gasteiger partial charge in [-0.25, -0.2) is 4.98 Å². The molecule has 0 unspecified atom stereocenters. The third kappa shape index (κ3) is 2.28. The Labute approximate surface area is 105 Å². The van der Waals surface area contributed by atoms with E-state index in [1.54, 1.807) is 6.26 Å². The third-order valence-corrected chi connectivity index (χ3v) is 3.38. The summed E-state index contributed by atoms with van der Waals surface area (Å²) < 4.78 is 4.89. The maximum absolute atomic E-state index is 4.89. The summed E-state index contributed by atoms with van der Waals surface area (Å²) in [6.07, 6.45) is 5.17. The Hall–Kier alpha value is -1.69. The number of hydrogen-bond donors (Lipinski definition) is 1. The zero-order valence-electron chi connectivity index (χ0n) is 10.5. The lowest BCUT2D eigenvalue weighted by Crippen LogP contribution is -2.33. The molecule has 0 spiro atoms. The average molecular weight is 247 g/mol. The molecule has 6 heteroatoms. The normalized spacial score (nSPS) is 21.3. The van der Waals surface area contributed by atoms with Crippen LogP contribution >= 0.6 is 0 Å². The highest BCUT2D eigenvalue weighted by Crippen LogP contribution is 2.29. The predicted molar refractivity (Wildman–Crippen MR) is 64.6 cm³/mol. The first-order valence-corrected chi connectivity index (χ1v) is 6.35. The minimum absolute atomic E-state index is 0.292. The molecular formula is C12H17N5O. The lowest BCUT2D eigenvalue weighted by Gasteiger charge is -2.33. The standard InChI is InChI=1S/C12H17N5O/c1-9-13-12(15-14-9)11-4-2-3-6-17(11)8-10-5-7-18-16-10/h5,7,11H,2-4,6,8H2,1H3,(H,13,14,15)/t11-/m1/s1. The summed E-state index contributed by atoms with van der Waals surface area (Å²) in [7, 11) is 0. The summed E-state index contributed by atoms with van der Waals surface area (Å²) in [5.74, 6) is 1.77. The molecule has 0 bridgehead atoms. The zero-order chi connectivity index (χ0) is 12.4.